The zero-order valence-electron chi connectivity index (χ0n) is 17.3. The van der Waals surface area contributed by atoms with Crippen molar-refractivity contribution in [1.82, 2.24) is 15.0 Å². The molecule has 4 rings (SSSR count). The first-order valence-electron chi connectivity index (χ1n) is 10.0. The maximum absolute atomic E-state index is 11.4. The van der Waals surface area contributed by atoms with Gasteiger partial charge >= 0.3 is 5.97 Å². The zero-order chi connectivity index (χ0) is 21.8. The van der Waals surface area contributed by atoms with Crippen LogP contribution < -0.4 is 10.6 Å². The summed E-state index contributed by atoms with van der Waals surface area (Å²) in [7, 11) is 0. The molecule has 0 amide bonds. The van der Waals surface area contributed by atoms with Gasteiger partial charge in [-0.1, -0.05) is 18.2 Å². The number of hydrogen-bond acceptors (Lipinski definition) is 7. The topological polar surface area (TPSA) is 109 Å². The van der Waals surface area contributed by atoms with Crippen molar-refractivity contribution in [2.75, 3.05) is 30.4 Å². The quantitative estimate of drug-likeness (QED) is 0.286. The van der Waals surface area contributed by atoms with E-state index in [2.05, 4.69) is 20.6 Å². The van der Waals surface area contributed by atoms with Gasteiger partial charge in [0.05, 0.1) is 17.7 Å². The fourth-order valence-electron chi connectivity index (χ4n) is 3.33. The lowest BCUT2D eigenvalue weighted by molar-refractivity contribution is 0.0697. The van der Waals surface area contributed by atoms with Gasteiger partial charge in [-0.2, -0.15) is 0 Å². The standard InChI is InChI=1S/C23H23N5O3/c1-3-31-10-9-24-23-25-13-18-17-8-7-15(22(29)30)12-19(17)27-21(20(18)28-23)26-16-6-4-5-14(2)11-16/h4-8,11-13H,3,9-10H2,1-2H3,(H,26,27)(H,29,30)(H,24,25,28). The SMILES string of the molecule is CCOCCNc1ncc2c(n1)c(Nc1cccc(C)c1)nc1cc(C(=O)O)ccc12. The van der Waals surface area contributed by atoms with Crippen LogP contribution in [0.15, 0.2) is 48.7 Å². The van der Waals surface area contributed by atoms with Crippen LogP contribution in [-0.4, -0.2) is 45.8 Å². The van der Waals surface area contributed by atoms with Crippen molar-refractivity contribution >= 4 is 45.2 Å². The van der Waals surface area contributed by atoms with Crippen LogP contribution in [0.2, 0.25) is 0 Å². The molecule has 8 heteroatoms. The highest BCUT2D eigenvalue weighted by Gasteiger charge is 2.14. The van der Waals surface area contributed by atoms with Crippen LogP contribution in [0.3, 0.4) is 0 Å². The number of aromatic nitrogens is 3. The van der Waals surface area contributed by atoms with Gasteiger partial charge in [0.2, 0.25) is 5.95 Å². The van der Waals surface area contributed by atoms with Crippen LogP contribution in [0.25, 0.3) is 21.8 Å². The molecule has 8 nitrogen and oxygen atoms in total. The molecular formula is C23H23N5O3. The van der Waals surface area contributed by atoms with Crippen molar-refractivity contribution in [2.45, 2.75) is 13.8 Å². The molecule has 2 aromatic heterocycles. The van der Waals surface area contributed by atoms with E-state index in [1.165, 1.54) is 0 Å². The van der Waals surface area contributed by atoms with E-state index in [9.17, 15) is 9.90 Å². The predicted octanol–water partition coefficient (Wildman–Crippen LogP) is 4.38. The fourth-order valence-corrected chi connectivity index (χ4v) is 3.33. The van der Waals surface area contributed by atoms with E-state index in [1.54, 1.807) is 24.4 Å². The highest BCUT2D eigenvalue weighted by molar-refractivity contribution is 6.10. The number of ether oxygens (including phenoxy) is 1. The minimum atomic E-state index is -0.998. The first-order valence-corrected chi connectivity index (χ1v) is 10.0. The third-order valence-corrected chi connectivity index (χ3v) is 4.79. The van der Waals surface area contributed by atoms with E-state index in [4.69, 9.17) is 9.72 Å². The average Bonchev–Trinajstić information content (AvgIpc) is 2.76. The Bertz CT molecular complexity index is 1260. The Morgan fingerprint density at radius 3 is 2.77 bits per heavy atom. The van der Waals surface area contributed by atoms with Gasteiger partial charge in [0, 0.05) is 35.8 Å². The molecule has 0 saturated heterocycles. The molecule has 0 bridgehead atoms. The summed E-state index contributed by atoms with van der Waals surface area (Å²) in [6, 6.07) is 12.8. The molecular weight excluding hydrogens is 394 g/mol. The van der Waals surface area contributed by atoms with E-state index >= 15 is 0 Å². The lowest BCUT2D eigenvalue weighted by atomic mass is 10.1. The molecule has 31 heavy (non-hydrogen) atoms. The molecule has 0 aliphatic rings. The van der Waals surface area contributed by atoms with Gasteiger partial charge in [-0.25, -0.2) is 19.7 Å². The highest BCUT2D eigenvalue weighted by Crippen LogP contribution is 2.31. The third-order valence-electron chi connectivity index (χ3n) is 4.79. The van der Waals surface area contributed by atoms with Crippen LogP contribution in [0, 0.1) is 6.92 Å². The molecule has 0 aliphatic heterocycles. The lowest BCUT2D eigenvalue weighted by Gasteiger charge is -2.13. The number of aromatic carboxylic acids is 1. The van der Waals surface area contributed by atoms with E-state index in [0.29, 0.717) is 42.6 Å². The van der Waals surface area contributed by atoms with Crippen LogP contribution in [0.5, 0.6) is 0 Å². The predicted molar refractivity (Wildman–Crippen MR) is 121 cm³/mol. The number of carbonyl (C=O) groups is 1. The Hall–Kier alpha value is -3.78. The van der Waals surface area contributed by atoms with Gasteiger partial charge in [-0.3, -0.25) is 0 Å². The van der Waals surface area contributed by atoms with Crippen molar-refractivity contribution in [3.05, 3.63) is 59.8 Å². The van der Waals surface area contributed by atoms with Gasteiger partial charge in [-0.05, 0) is 43.7 Å². The summed E-state index contributed by atoms with van der Waals surface area (Å²) in [6.45, 7) is 5.75. The Balaban J connectivity index is 1.83. The molecule has 0 fully saturated rings. The van der Waals surface area contributed by atoms with E-state index < -0.39 is 5.97 Å². The van der Waals surface area contributed by atoms with Crippen LogP contribution in [0.4, 0.5) is 17.5 Å². The van der Waals surface area contributed by atoms with Crippen molar-refractivity contribution in [3.63, 3.8) is 0 Å². The van der Waals surface area contributed by atoms with Gasteiger partial charge < -0.3 is 20.5 Å². The maximum Gasteiger partial charge on any atom is 0.335 e. The van der Waals surface area contributed by atoms with E-state index in [0.717, 1.165) is 22.0 Å². The molecule has 2 heterocycles. The Kier molecular flexibility index (Phi) is 5.90. The third kappa shape index (κ3) is 4.54. The van der Waals surface area contributed by atoms with Gasteiger partial charge in [0.25, 0.3) is 0 Å². The molecule has 0 spiro atoms. The minimum Gasteiger partial charge on any atom is -0.478 e. The lowest BCUT2D eigenvalue weighted by Crippen LogP contribution is -2.11. The fraction of sp³-hybridized carbons (Fsp3) is 0.217. The maximum atomic E-state index is 11.4. The second kappa shape index (κ2) is 8.93. The molecule has 0 atom stereocenters. The molecule has 0 saturated carbocycles. The Morgan fingerprint density at radius 1 is 1.13 bits per heavy atom. The van der Waals surface area contributed by atoms with Crippen molar-refractivity contribution < 1.29 is 14.6 Å². The average molecular weight is 417 g/mol. The monoisotopic (exact) mass is 417 g/mol. The smallest absolute Gasteiger partial charge is 0.335 e. The molecule has 158 valence electrons. The number of hydrogen-bond donors (Lipinski definition) is 3. The summed E-state index contributed by atoms with van der Waals surface area (Å²) in [5, 5.41) is 17.4. The Morgan fingerprint density at radius 2 is 2.00 bits per heavy atom. The van der Waals surface area contributed by atoms with Crippen molar-refractivity contribution in [1.29, 1.82) is 0 Å². The number of nitrogens with zero attached hydrogens (tertiary/aromatic N) is 3. The number of aryl methyl sites for hydroxylation is 1. The molecule has 0 unspecified atom stereocenters. The number of benzene rings is 2. The molecule has 3 N–H and O–H groups in total. The second-order valence-corrected chi connectivity index (χ2v) is 7.07. The summed E-state index contributed by atoms with van der Waals surface area (Å²) in [5.74, 6) is 0.00999. The van der Waals surface area contributed by atoms with Gasteiger partial charge in [-0.15, -0.1) is 0 Å². The summed E-state index contributed by atoms with van der Waals surface area (Å²) >= 11 is 0. The van der Waals surface area contributed by atoms with Crippen LogP contribution >= 0.6 is 0 Å². The van der Waals surface area contributed by atoms with E-state index in [-0.39, 0.29) is 5.56 Å². The summed E-state index contributed by atoms with van der Waals surface area (Å²) in [4.78, 5) is 25.2. The summed E-state index contributed by atoms with van der Waals surface area (Å²) < 4.78 is 5.35. The zero-order valence-corrected chi connectivity index (χ0v) is 17.3. The molecule has 4 aromatic rings. The van der Waals surface area contributed by atoms with E-state index in [1.807, 2.05) is 38.1 Å². The molecule has 0 radical (unpaired) electrons. The first-order chi connectivity index (χ1) is 15.0. The molecule has 2 aromatic carbocycles. The number of fused-ring (bicyclic) bond motifs is 3. The number of nitrogens with one attached hydrogen (secondary N) is 2. The molecule has 0 aliphatic carbocycles. The van der Waals surface area contributed by atoms with Gasteiger partial charge in [0.1, 0.15) is 5.52 Å². The number of carboxylic acid groups (broad SMARTS) is 1. The van der Waals surface area contributed by atoms with Crippen LogP contribution in [0.1, 0.15) is 22.8 Å². The second-order valence-electron chi connectivity index (χ2n) is 7.07. The summed E-state index contributed by atoms with van der Waals surface area (Å²) in [6.07, 6.45) is 1.73. The highest BCUT2D eigenvalue weighted by atomic mass is 16.5. The van der Waals surface area contributed by atoms with Crippen LogP contribution in [-0.2, 0) is 4.74 Å². The van der Waals surface area contributed by atoms with Gasteiger partial charge in [0.15, 0.2) is 5.82 Å². The largest absolute Gasteiger partial charge is 0.478 e. The normalized spacial score (nSPS) is 11.0. The number of anilines is 3. The number of rotatable bonds is 8. The van der Waals surface area contributed by atoms with Crippen molar-refractivity contribution in [2.24, 2.45) is 0 Å². The van der Waals surface area contributed by atoms with Crippen molar-refractivity contribution in [3.8, 4) is 0 Å². The summed E-state index contributed by atoms with van der Waals surface area (Å²) in [5.41, 5.74) is 3.35. The first kappa shape index (κ1) is 20.5. The number of carboxylic acids is 1. The minimum absolute atomic E-state index is 0.177. The number of pyridine rings is 1. The Labute approximate surface area is 179 Å².